The molecule has 0 saturated carbocycles. The van der Waals surface area contributed by atoms with E-state index in [0.717, 1.165) is 0 Å². The van der Waals surface area contributed by atoms with Crippen LogP contribution in [0, 0.1) is 17.5 Å². The van der Waals surface area contributed by atoms with Gasteiger partial charge in [-0.25, -0.2) is 13.2 Å². The fraction of sp³-hybridized carbons (Fsp3) is 0.100. The largest absolute Gasteiger partial charge is 0.294 e. The topological polar surface area (TPSA) is 17.1 Å². The first-order valence-electron chi connectivity index (χ1n) is 3.85. The highest BCUT2D eigenvalue weighted by atomic mass is 19.2. The minimum absolute atomic E-state index is 0.109. The Balaban J connectivity index is 3.15. The van der Waals surface area contributed by atoms with Crippen molar-refractivity contribution in [2.75, 3.05) is 0 Å². The molecule has 0 aromatic heterocycles. The van der Waals surface area contributed by atoms with Crippen LogP contribution in [0.25, 0.3) is 0 Å². The first kappa shape index (κ1) is 10.5. The number of Topliss-reactive ketones (excluding diaryl/α,β-unsaturated/α-hetero) is 1. The van der Waals surface area contributed by atoms with E-state index in [-0.39, 0.29) is 6.42 Å². The second-order valence-corrected chi connectivity index (χ2v) is 2.66. The summed E-state index contributed by atoms with van der Waals surface area (Å²) in [5.41, 5.74) is -0.455. The number of hydrogen-bond acceptors (Lipinski definition) is 1. The number of benzene rings is 1. The maximum absolute atomic E-state index is 12.9. The Kier molecular flexibility index (Phi) is 3.06. The van der Waals surface area contributed by atoms with E-state index in [1.807, 2.05) is 0 Å². The predicted molar refractivity (Wildman–Crippen MR) is 45.5 cm³/mol. The van der Waals surface area contributed by atoms with Crippen molar-refractivity contribution in [2.24, 2.45) is 0 Å². The van der Waals surface area contributed by atoms with Crippen LogP contribution in [0.3, 0.4) is 0 Å². The number of carbonyl (C=O) groups excluding carboxylic acids is 1. The summed E-state index contributed by atoms with van der Waals surface area (Å²) in [6.45, 7) is 3.28. The van der Waals surface area contributed by atoms with Crippen molar-refractivity contribution in [3.8, 4) is 0 Å². The molecule has 0 saturated heterocycles. The van der Waals surface area contributed by atoms with E-state index in [1.54, 1.807) is 0 Å². The second kappa shape index (κ2) is 4.09. The number of hydrogen-bond donors (Lipinski definition) is 0. The average Bonchev–Trinajstić information content (AvgIpc) is 2.11. The summed E-state index contributed by atoms with van der Waals surface area (Å²) in [6.07, 6.45) is 1.16. The molecule has 0 radical (unpaired) electrons. The third-order valence-corrected chi connectivity index (χ3v) is 1.64. The van der Waals surface area contributed by atoms with Crippen molar-refractivity contribution < 1.29 is 18.0 Å². The first-order valence-corrected chi connectivity index (χ1v) is 3.85. The van der Waals surface area contributed by atoms with Gasteiger partial charge in [-0.2, -0.15) is 0 Å². The summed E-state index contributed by atoms with van der Waals surface area (Å²) in [6, 6.07) is 0.905. The highest BCUT2D eigenvalue weighted by Crippen LogP contribution is 2.15. The Labute approximate surface area is 78.9 Å². The molecular formula is C10H7F3O. The maximum atomic E-state index is 12.9. The molecule has 1 rings (SSSR count). The molecule has 1 nitrogen and oxygen atoms in total. The lowest BCUT2D eigenvalue weighted by Gasteiger charge is -2.01. The van der Waals surface area contributed by atoms with Crippen LogP contribution in [0.5, 0.6) is 0 Å². The fourth-order valence-electron chi connectivity index (χ4n) is 0.977. The molecule has 0 aliphatic heterocycles. The number of ketones is 1. The molecule has 0 aliphatic rings. The van der Waals surface area contributed by atoms with Crippen LogP contribution in [-0.2, 0) is 0 Å². The minimum atomic E-state index is -1.31. The molecule has 0 heterocycles. The van der Waals surface area contributed by atoms with E-state index in [2.05, 4.69) is 6.58 Å². The predicted octanol–water partition coefficient (Wildman–Crippen LogP) is 2.86. The summed E-state index contributed by atoms with van der Waals surface area (Å²) < 4.78 is 38.0. The van der Waals surface area contributed by atoms with E-state index >= 15 is 0 Å². The molecule has 0 bridgehead atoms. The lowest BCUT2D eigenvalue weighted by atomic mass is 10.1. The van der Waals surface area contributed by atoms with E-state index in [0.29, 0.717) is 12.1 Å². The summed E-state index contributed by atoms with van der Waals surface area (Å²) in [5, 5.41) is 0. The normalized spacial score (nSPS) is 9.93. The molecule has 0 N–H and O–H groups in total. The molecule has 0 unspecified atom stereocenters. The molecule has 0 amide bonds. The maximum Gasteiger partial charge on any atom is 0.169 e. The lowest BCUT2D eigenvalue weighted by molar-refractivity contribution is 0.0991. The molecule has 0 fully saturated rings. The van der Waals surface area contributed by atoms with Gasteiger partial charge in [0.2, 0.25) is 0 Å². The third kappa shape index (κ3) is 2.02. The van der Waals surface area contributed by atoms with Crippen molar-refractivity contribution in [2.45, 2.75) is 6.42 Å². The van der Waals surface area contributed by atoms with Gasteiger partial charge in [0.1, 0.15) is 5.82 Å². The Morgan fingerprint density at radius 2 is 1.79 bits per heavy atom. The molecule has 4 heteroatoms. The SMILES string of the molecule is C=CCC(=O)c1cc(F)c(F)cc1F. The second-order valence-electron chi connectivity index (χ2n) is 2.66. The van der Waals surface area contributed by atoms with Crippen LogP contribution in [0.2, 0.25) is 0 Å². The zero-order valence-electron chi connectivity index (χ0n) is 7.19. The van der Waals surface area contributed by atoms with Crippen molar-refractivity contribution in [3.05, 3.63) is 47.8 Å². The Morgan fingerprint density at radius 1 is 1.21 bits per heavy atom. The molecule has 74 valence electrons. The highest BCUT2D eigenvalue weighted by Gasteiger charge is 2.14. The number of rotatable bonds is 3. The van der Waals surface area contributed by atoms with Gasteiger partial charge in [-0.1, -0.05) is 6.08 Å². The quantitative estimate of drug-likeness (QED) is 0.416. The van der Waals surface area contributed by atoms with Crippen LogP contribution in [0.4, 0.5) is 13.2 Å². The van der Waals surface area contributed by atoms with Gasteiger partial charge in [0.25, 0.3) is 0 Å². The van der Waals surface area contributed by atoms with E-state index < -0.39 is 28.8 Å². The van der Waals surface area contributed by atoms with Gasteiger partial charge in [-0.15, -0.1) is 6.58 Å². The molecule has 0 atom stereocenters. The van der Waals surface area contributed by atoms with Crippen molar-refractivity contribution in [3.63, 3.8) is 0 Å². The smallest absolute Gasteiger partial charge is 0.169 e. The number of carbonyl (C=O) groups is 1. The fourth-order valence-corrected chi connectivity index (χ4v) is 0.977. The van der Waals surface area contributed by atoms with Crippen LogP contribution in [0.15, 0.2) is 24.8 Å². The summed E-state index contributed by atoms with van der Waals surface area (Å²) in [7, 11) is 0. The molecule has 0 aliphatic carbocycles. The highest BCUT2D eigenvalue weighted by molar-refractivity contribution is 5.97. The van der Waals surface area contributed by atoms with E-state index in [4.69, 9.17) is 0 Å². The van der Waals surface area contributed by atoms with Gasteiger partial charge in [-0.05, 0) is 6.07 Å². The Hall–Kier alpha value is -1.58. The first-order chi connectivity index (χ1) is 6.56. The molecular weight excluding hydrogens is 193 g/mol. The zero-order valence-corrected chi connectivity index (χ0v) is 7.19. The molecule has 14 heavy (non-hydrogen) atoms. The van der Waals surface area contributed by atoms with Gasteiger partial charge in [0.15, 0.2) is 17.4 Å². The zero-order chi connectivity index (χ0) is 10.7. The van der Waals surface area contributed by atoms with E-state index in [1.165, 1.54) is 6.08 Å². The monoisotopic (exact) mass is 200 g/mol. The Morgan fingerprint density at radius 3 is 2.36 bits per heavy atom. The standard InChI is InChI=1S/C10H7F3O/c1-2-3-10(14)6-4-8(12)9(13)5-7(6)11/h2,4-5H,1,3H2. The van der Waals surface area contributed by atoms with Crippen molar-refractivity contribution in [1.29, 1.82) is 0 Å². The van der Waals surface area contributed by atoms with Crippen molar-refractivity contribution >= 4 is 5.78 Å². The van der Waals surface area contributed by atoms with Gasteiger partial charge < -0.3 is 0 Å². The van der Waals surface area contributed by atoms with Crippen LogP contribution < -0.4 is 0 Å². The summed E-state index contributed by atoms with van der Waals surface area (Å²) >= 11 is 0. The molecule has 0 spiro atoms. The van der Waals surface area contributed by atoms with E-state index in [9.17, 15) is 18.0 Å². The van der Waals surface area contributed by atoms with Gasteiger partial charge >= 0.3 is 0 Å². The van der Waals surface area contributed by atoms with Gasteiger partial charge in [0, 0.05) is 12.5 Å². The third-order valence-electron chi connectivity index (χ3n) is 1.64. The number of halogens is 3. The molecule has 1 aromatic rings. The minimum Gasteiger partial charge on any atom is -0.294 e. The van der Waals surface area contributed by atoms with Gasteiger partial charge in [0.05, 0.1) is 5.56 Å². The van der Waals surface area contributed by atoms with Gasteiger partial charge in [-0.3, -0.25) is 4.79 Å². The summed E-state index contributed by atoms with van der Waals surface area (Å²) in [5.74, 6) is -4.23. The lowest BCUT2D eigenvalue weighted by Crippen LogP contribution is -2.03. The Bertz CT molecular complexity index is 385. The average molecular weight is 200 g/mol. The van der Waals surface area contributed by atoms with Crippen molar-refractivity contribution in [1.82, 2.24) is 0 Å². The number of allylic oxidation sites excluding steroid dienone is 1. The van der Waals surface area contributed by atoms with Crippen LogP contribution in [-0.4, -0.2) is 5.78 Å². The molecule has 1 aromatic carbocycles. The summed E-state index contributed by atoms with van der Waals surface area (Å²) in [4.78, 5) is 11.1. The van der Waals surface area contributed by atoms with Crippen LogP contribution >= 0.6 is 0 Å². The van der Waals surface area contributed by atoms with Crippen LogP contribution in [0.1, 0.15) is 16.8 Å².